The fourth-order valence-corrected chi connectivity index (χ4v) is 1.75. The average Bonchev–Trinajstić information content (AvgIpc) is 2.46. The van der Waals surface area contributed by atoms with E-state index < -0.39 is 18.4 Å². The molecule has 1 rings (SSSR count). The van der Waals surface area contributed by atoms with E-state index in [1.54, 1.807) is 6.07 Å². The van der Waals surface area contributed by atoms with Crippen LogP contribution >= 0.6 is 11.6 Å². The van der Waals surface area contributed by atoms with Gasteiger partial charge in [0.1, 0.15) is 12.5 Å². The normalized spacial score (nSPS) is 11.2. The van der Waals surface area contributed by atoms with Crippen molar-refractivity contribution in [1.82, 2.24) is 0 Å². The molecule has 0 spiro atoms. The molecule has 0 aromatic heterocycles. The molecule has 0 fully saturated rings. The molecule has 0 bridgehead atoms. The van der Waals surface area contributed by atoms with Crippen LogP contribution in [0.3, 0.4) is 0 Å². The largest absolute Gasteiger partial charge is 0.493 e. The van der Waals surface area contributed by atoms with Crippen LogP contribution in [0.2, 0.25) is 0 Å². The molecule has 8 heteroatoms. The number of ether oxygens (including phenoxy) is 3. The molecule has 0 unspecified atom stereocenters. The highest BCUT2D eigenvalue weighted by molar-refractivity contribution is 6.29. The number of hydrogen-bond acceptors (Lipinski definition) is 4. The number of amides is 1. The number of hydrogen-bond donors (Lipinski definition) is 1. The summed E-state index contributed by atoms with van der Waals surface area (Å²) in [5.74, 6) is -2.82. The van der Waals surface area contributed by atoms with Gasteiger partial charge in [0.05, 0.1) is 26.5 Å². The zero-order valence-corrected chi connectivity index (χ0v) is 13.3. The van der Waals surface area contributed by atoms with Crippen molar-refractivity contribution < 1.29 is 27.8 Å². The molecular weight excluding hydrogens is 320 g/mol. The zero-order chi connectivity index (χ0) is 16.8. The van der Waals surface area contributed by atoms with Crippen LogP contribution in [0.5, 0.6) is 11.5 Å². The first kappa shape index (κ1) is 18.4. The van der Waals surface area contributed by atoms with Gasteiger partial charge in [0.15, 0.2) is 11.5 Å². The van der Waals surface area contributed by atoms with E-state index in [0.29, 0.717) is 22.7 Å². The summed E-state index contributed by atoms with van der Waals surface area (Å²) in [6.45, 7) is -0.0935. The van der Waals surface area contributed by atoms with Crippen LogP contribution in [-0.4, -0.2) is 38.5 Å². The number of nitrogens with one attached hydrogen (secondary N) is 1. The van der Waals surface area contributed by atoms with Gasteiger partial charge in [-0.25, -0.2) is 8.78 Å². The predicted octanol–water partition coefficient (Wildman–Crippen LogP) is 3.05. The fourth-order valence-electron chi connectivity index (χ4n) is 1.68. The quantitative estimate of drug-likeness (QED) is 0.741. The summed E-state index contributed by atoms with van der Waals surface area (Å²) < 4.78 is 40.9. The minimum atomic E-state index is -2.93. The molecule has 0 aliphatic rings. The summed E-state index contributed by atoms with van der Waals surface area (Å²) in [6.07, 6.45) is 0. The van der Waals surface area contributed by atoms with Gasteiger partial charge in [-0.1, -0.05) is 0 Å². The Morgan fingerprint density at radius 2 is 1.86 bits per heavy atom. The molecule has 22 heavy (non-hydrogen) atoms. The van der Waals surface area contributed by atoms with Gasteiger partial charge in [0.2, 0.25) is 5.91 Å². The Balaban J connectivity index is 3.01. The highest BCUT2D eigenvalue weighted by Crippen LogP contribution is 2.34. The van der Waals surface area contributed by atoms with Crippen molar-refractivity contribution >= 4 is 23.2 Å². The van der Waals surface area contributed by atoms with E-state index in [-0.39, 0.29) is 12.5 Å². The van der Waals surface area contributed by atoms with E-state index in [4.69, 9.17) is 25.8 Å². The molecular formula is C14H18ClF2NO4. The zero-order valence-electron chi connectivity index (χ0n) is 12.5. The first-order valence-corrected chi connectivity index (χ1v) is 6.90. The third kappa shape index (κ3) is 5.65. The number of carbonyl (C=O) groups excluding carboxylic acids is 1. The van der Waals surface area contributed by atoms with Gasteiger partial charge < -0.3 is 19.5 Å². The first-order chi connectivity index (χ1) is 10.3. The second-order valence-electron chi connectivity index (χ2n) is 4.61. The lowest BCUT2D eigenvalue weighted by Gasteiger charge is -2.16. The predicted molar refractivity (Wildman–Crippen MR) is 79.2 cm³/mol. The molecule has 0 saturated heterocycles. The van der Waals surface area contributed by atoms with Crippen molar-refractivity contribution in [2.24, 2.45) is 0 Å². The lowest BCUT2D eigenvalue weighted by atomic mass is 10.1. The Kier molecular flexibility index (Phi) is 6.83. The Morgan fingerprint density at radius 3 is 2.36 bits per heavy atom. The van der Waals surface area contributed by atoms with Crippen LogP contribution in [0.15, 0.2) is 12.1 Å². The van der Waals surface area contributed by atoms with Gasteiger partial charge in [-0.2, -0.15) is 0 Å². The third-order valence-electron chi connectivity index (χ3n) is 2.62. The smallest absolute Gasteiger partial charge is 0.268 e. The van der Waals surface area contributed by atoms with E-state index in [9.17, 15) is 13.6 Å². The Bertz CT molecular complexity index is 520. The number of anilines is 1. The molecule has 1 aromatic rings. The highest BCUT2D eigenvalue weighted by Gasteiger charge is 2.22. The molecule has 1 amide bonds. The molecule has 5 nitrogen and oxygen atoms in total. The van der Waals surface area contributed by atoms with Crippen molar-refractivity contribution in [3.8, 4) is 11.5 Å². The van der Waals surface area contributed by atoms with Crippen LogP contribution < -0.4 is 14.8 Å². The van der Waals surface area contributed by atoms with Crippen LogP contribution in [0, 0.1) is 0 Å². The fraction of sp³-hybridized carbons (Fsp3) is 0.500. The van der Waals surface area contributed by atoms with Crippen LogP contribution in [-0.2, 0) is 16.1 Å². The maximum absolute atomic E-state index is 12.8. The number of rotatable bonds is 8. The Hall–Kier alpha value is -1.60. The van der Waals surface area contributed by atoms with Crippen LogP contribution in [0.4, 0.5) is 14.5 Å². The van der Waals surface area contributed by atoms with Gasteiger partial charge >= 0.3 is 0 Å². The Labute approximate surface area is 132 Å². The molecule has 124 valence electrons. The standard InChI is InChI=1S/C14H18ClF2NO4/c1-14(16,17)8-22-7-9-4-11(20-2)12(21-3)5-10(9)18-13(19)6-15/h4-5H,6-8H2,1-3H3,(H,18,19). The maximum Gasteiger partial charge on any atom is 0.268 e. The topological polar surface area (TPSA) is 56.8 Å². The third-order valence-corrected chi connectivity index (χ3v) is 2.86. The average molecular weight is 338 g/mol. The summed E-state index contributed by atoms with van der Waals surface area (Å²) >= 11 is 5.45. The lowest BCUT2D eigenvalue weighted by Crippen LogP contribution is -2.19. The number of alkyl halides is 3. The summed E-state index contributed by atoms with van der Waals surface area (Å²) in [4.78, 5) is 11.4. The van der Waals surface area contributed by atoms with Crippen LogP contribution in [0.25, 0.3) is 0 Å². The van der Waals surface area contributed by atoms with E-state index in [1.165, 1.54) is 20.3 Å². The molecule has 0 radical (unpaired) electrons. The summed E-state index contributed by atoms with van der Waals surface area (Å²) in [6, 6.07) is 3.07. The molecule has 1 aromatic carbocycles. The summed E-state index contributed by atoms with van der Waals surface area (Å²) in [5.41, 5.74) is 0.836. The molecule has 0 atom stereocenters. The SMILES string of the molecule is COc1cc(COCC(C)(F)F)c(NC(=O)CCl)cc1OC. The van der Waals surface area contributed by atoms with Gasteiger partial charge in [-0.05, 0) is 6.07 Å². The van der Waals surface area contributed by atoms with Crippen molar-refractivity contribution in [2.75, 3.05) is 32.0 Å². The highest BCUT2D eigenvalue weighted by atomic mass is 35.5. The van der Waals surface area contributed by atoms with Gasteiger partial charge in [-0.15, -0.1) is 11.6 Å². The first-order valence-electron chi connectivity index (χ1n) is 6.37. The maximum atomic E-state index is 12.8. The molecule has 0 saturated carbocycles. The van der Waals surface area contributed by atoms with Gasteiger partial charge in [-0.3, -0.25) is 4.79 Å². The van der Waals surface area contributed by atoms with E-state index in [1.807, 2.05) is 0 Å². The monoisotopic (exact) mass is 337 g/mol. The number of methoxy groups -OCH3 is 2. The number of halogens is 3. The van der Waals surface area contributed by atoms with Crippen molar-refractivity contribution in [1.29, 1.82) is 0 Å². The summed E-state index contributed by atoms with van der Waals surface area (Å²) in [5, 5.41) is 2.56. The number of carbonyl (C=O) groups is 1. The van der Waals surface area contributed by atoms with Crippen molar-refractivity contribution in [3.05, 3.63) is 17.7 Å². The minimum Gasteiger partial charge on any atom is -0.493 e. The molecule has 0 aliphatic carbocycles. The van der Waals surface area contributed by atoms with Gasteiger partial charge in [0, 0.05) is 18.6 Å². The van der Waals surface area contributed by atoms with E-state index in [2.05, 4.69) is 5.32 Å². The lowest BCUT2D eigenvalue weighted by molar-refractivity contribution is -0.114. The van der Waals surface area contributed by atoms with E-state index >= 15 is 0 Å². The minimum absolute atomic E-state index is 0.123. The van der Waals surface area contributed by atoms with E-state index in [0.717, 1.165) is 6.92 Å². The van der Waals surface area contributed by atoms with Crippen molar-refractivity contribution in [2.45, 2.75) is 19.5 Å². The molecule has 0 heterocycles. The molecule has 0 aliphatic heterocycles. The number of benzene rings is 1. The molecule has 1 N–H and O–H groups in total. The van der Waals surface area contributed by atoms with Crippen molar-refractivity contribution in [3.63, 3.8) is 0 Å². The summed E-state index contributed by atoms with van der Waals surface area (Å²) in [7, 11) is 2.89. The Morgan fingerprint density at radius 1 is 1.27 bits per heavy atom. The second-order valence-corrected chi connectivity index (χ2v) is 4.88. The van der Waals surface area contributed by atoms with Gasteiger partial charge in [0.25, 0.3) is 5.92 Å². The second kappa shape index (κ2) is 8.14. The van der Waals surface area contributed by atoms with Crippen LogP contribution in [0.1, 0.15) is 12.5 Å².